The molecular weight excluding hydrogens is 1520 g/mol. The molecule has 26 rings (SSSR count). The summed E-state index contributed by atoms with van der Waals surface area (Å²) in [5.41, 5.74) is 35.3. The lowest BCUT2D eigenvalue weighted by atomic mass is 9.73. The molecule has 2 unspecified atom stereocenters. The molecule has 18 aromatic carbocycles. The Morgan fingerprint density at radius 3 is 1.28 bits per heavy atom. The molecule has 4 aliphatic rings. The van der Waals surface area contributed by atoms with Crippen molar-refractivity contribution in [2.75, 3.05) is 14.7 Å². The van der Waals surface area contributed by atoms with E-state index < -0.39 is 10.8 Å². The third-order valence-corrected chi connectivity index (χ3v) is 30.1. The summed E-state index contributed by atoms with van der Waals surface area (Å²) in [7, 11) is 0. The first-order valence-electron chi connectivity index (χ1n) is 41.6. The minimum atomic E-state index is -0.638. The number of nitrogens with zero attached hydrogens (tertiary/aromatic N) is 4. The van der Waals surface area contributed by atoms with Crippen LogP contribution in [-0.4, -0.2) is 4.57 Å². The van der Waals surface area contributed by atoms with E-state index in [1.165, 1.54) is 161 Å². The van der Waals surface area contributed by atoms with Crippen molar-refractivity contribution in [1.29, 1.82) is 0 Å². The van der Waals surface area contributed by atoms with Gasteiger partial charge in [-0.25, -0.2) is 0 Å². The lowest BCUT2D eigenvalue weighted by molar-refractivity contribution is 0.811. The van der Waals surface area contributed by atoms with Crippen molar-refractivity contribution in [2.45, 2.75) is 10.8 Å². The number of fused-ring (bicyclic) bond motifs is 30. The van der Waals surface area contributed by atoms with Gasteiger partial charge in [-0.3, -0.25) is 0 Å². The molecule has 0 saturated carbocycles. The van der Waals surface area contributed by atoms with Crippen LogP contribution in [-0.2, 0) is 10.8 Å². The maximum Gasteiger partial charge on any atom is 0.0821 e. The van der Waals surface area contributed by atoms with Crippen molar-refractivity contribution in [2.24, 2.45) is 0 Å². The van der Waals surface area contributed by atoms with Gasteiger partial charge in [0.05, 0.1) is 33.2 Å². The Bertz CT molecular complexity index is 7960. The number of anilines is 9. The van der Waals surface area contributed by atoms with Crippen LogP contribution < -0.4 is 14.7 Å². The van der Waals surface area contributed by atoms with Gasteiger partial charge in [0.25, 0.3) is 0 Å². The van der Waals surface area contributed by atoms with Gasteiger partial charge in [0.1, 0.15) is 0 Å². The Balaban J connectivity index is 0.575. The van der Waals surface area contributed by atoms with Crippen molar-refractivity contribution >= 4 is 147 Å². The van der Waals surface area contributed by atoms with Crippen LogP contribution in [0.3, 0.4) is 0 Å². The van der Waals surface area contributed by atoms with Gasteiger partial charge in [0, 0.05) is 129 Å². The zero-order valence-electron chi connectivity index (χ0n) is 65.4. The Kier molecular flexibility index (Phi) is 14.9. The summed E-state index contributed by atoms with van der Waals surface area (Å²) in [6.45, 7) is 0. The number of rotatable bonds is 12. The zero-order valence-corrected chi connectivity index (χ0v) is 67.9. The van der Waals surface area contributed by atoms with Crippen molar-refractivity contribution in [3.8, 4) is 72.4 Å². The summed E-state index contributed by atoms with van der Waals surface area (Å²) in [5.74, 6) is 0. The minimum Gasteiger partial charge on any atom is -0.310 e. The first-order valence-corrected chi connectivity index (χ1v) is 44.0. The van der Waals surface area contributed by atoms with Gasteiger partial charge in [0.15, 0.2) is 0 Å². The number of benzene rings is 18. The van der Waals surface area contributed by atoms with E-state index in [1.807, 2.05) is 34.0 Å². The molecule has 0 aliphatic heterocycles. The van der Waals surface area contributed by atoms with Gasteiger partial charge in [-0.15, -0.1) is 34.0 Å². The maximum absolute atomic E-state index is 2.55. The van der Waals surface area contributed by atoms with Gasteiger partial charge >= 0.3 is 0 Å². The molecule has 2 atom stereocenters. The molecule has 564 valence electrons. The first-order chi connectivity index (χ1) is 60.0. The van der Waals surface area contributed by atoms with Gasteiger partial charge < -0.3 is 19.3 Å². The predicted molar refractivity (Wildman–Crippen MR) is 512 cm³/mol. The van der Waals surface area contributed by atoms with Crippen molar-refractivity contribution in [3.05, 3.63) is 468 Å². The number of hydrogen-bond acceptors (Lipinski definition) is 6. The van der Waals surface area contributed by atoms with Crippen LogP contribution in [0.5, 0.6) is 0 Å². The molecule has 0 bridgehead atoms. The lowest BCUT2D eigenvalue weighted by Gasteiger charge is -2.32. The highest BCUT2D eigenvalue weighted by atomic mass is 32.1. The highest BCUT2D eigenvalue weighted by Crippen LogP contribution is 2.71. The summed E-state index contributed by atoms with van der Waals surface area (Å²) in [4.78, 5) is 10.2. The Labute approximate surface area is 712 Å². The molecule has 0 N–H and O–H groups in total. The first kappa shape index (κ1) is 68.4. The van der Waals surface area contributed by atoms with E-state index in [-0.39, 0.29) is 0 Å². The normalized spacial score (nSPS) is 14.8. The molecule has 2 spiro atoms. The zero-order chi connectivity index (χ0) is 79.2. The number of thiophene rings is 3. The SMILES string of the molecule is c1ccc(N(c2ccccc2)c2ccc3c(c2)-c2c(sc4ccccc24)C32c3ccccc3-c3cc(-c4ccc(-n5c6ccccc6c6cc(-c7ccc(N(c8ccc9sc%10ccccc%10c9c8)c8cccc9c8-c8ccccc8C98c9cccc(N(c%10ccccc%10)c%10ccccc%10)c9-c9c8sc8ccccc98)cc7)ccc65)cc4)ccc32)cc1. The fourth-order valence-corrected chi connectivity index (χ4v) is 25.4. The average molecular weight is 1590 g/mol. The molecule has 0 radical (unpaired) electrons. The average Bonchev–Trinajstić information content (AvgIpc) is 1.50. The summed E-state index contributed by atoms with van der Waals surface area (Å²) >= 11 is 5.78. The highest BCUT2D eigenvalue weighted by molar-refractivity contribution is 7.25. The van der Waals surface area contributed by atoms with Crippen molar-refractivity contribution in [3.63, 3.8) is 0 Å². The summed E-state index contributed by atoms with van der Waals surface area (Å²) in [5, 5.41) is 7.55. The van der Waals surface area contributed by atoms with Crippen molar-refractivity contribution in [1.82, 2.24) is 4.57 Å². The summed E-state index contributed by atoms with van der Waals surface area (Å²) in [6.07, 6.45) is 0. The third-order valence-electron chi connectivity index (χ3n) is 26.3. The molecule has 4 aromatic heterocycles. The predicted octanol–water partition coefficient (Wildman–Crippen LogP) is 32.0. The Morgan fingerprint density at radius 2 is 0.612 bits per heavy atom. The largest absolute Gasteiger partial charge is 0.310 e. The van der Waals surface area contributed by atoms with Gasteiger partial charge in [-0.1, -0.05) is 267 Å². The van der Waals surface area contributed by atoms with E-state index in [0.29, 0.717) is 0 Å². The molecule has 22 aromatic rings. The van der Waals surface area contributed by atoms with Crippen LogP contribution in [0.4, 0.5) is 51.2 Å². The van der Waals surface area contributed by atoms with Gasteiger partial charge in [0.2, 0.25) is 0 Å². The smallest absolute Gasteiger partial charge is 0.0821 e. The van der Waals surface area contributed by atoms with Crippen LogP contribution in [0.15, 0.2) is 425 Å². The second-order valence-corrected chi connectivity index (χ2v) is 35.6. The van der Waals surface area contributed by atoms with Crippen LogP contribution in [0, 0.1) is 0 Å². The molecule has 121 heavy (non-hydrogen) atoms. The lowest BCUT2D eigenvalue weighted by Crippen LogP contribution is -2.25. The van der Waals surface area contributed by atoms with Crippen LogP contribution >= 0.6 is 34.0 Å². The minimum absolute atomic E-state index is 0.496. The quantitative estimate of drug-likeness (QED) is 0.121. The fourth-order valence-electron chi connectivity index (χ4n) is 21.4. The fraction of sp³-hybridized carbons (Fsp3) is 0.0175. The summed E-state index contributed by atoms with van der Waals surface area (Å²) in [6, 6.07) is 160. The second-order valence-electron chi connectivity index (χ2n) is 32.4. The third kappa shape index (κ3) is 9.76. The molecule has 0 amide bonds. The number of para-hydroxylation sites is 5. The van der Waals surface area contributed by atoms with E-state index in [0.717, 1.165) is 68.0 Å². The van der Waals surface area contributed by atoms with Crippen LogP contribution in [0.2, 0.25) is 0 Å². The highest BCUT2D eigenvalue weighted by Gasteiger charge is 2.57. The molecule has 4 heterocycles. The molecule has 7 heteroatoms. The number of aromatic nitrogens is 1. The molecular formula is C114H70N4S3. The van der Waals surface area contributed by atoms with Crippen LogP contribution in [0.25, 0.3) is 135 Å². The standard InChI is InChI=1S/C114H70N4S3/c1-5-27-75(28-6-1)115(76-29-7-2-8-30-76)81-61-64-96-92(70-81)107-87-39-17-23-49-104(87)120-111(107)113(96)93-41-19-13-35-83(93)89-67-73(55-63-95(89)113)71-53-59-80(60-54-71)118-99-45-21-15-36-84(99)90-68-74(56-65-100(90)118)72-51-57-79(58-52-72)117(82-62-66-106-91(69-82)85-37-16-22-48-103(85)119-106)101-46-25-43-97-108(101)86-38-14-20-42-94(86)114(97)98-44-26-47-102(110(98)109-88-40-18-24-50-105(88)121-112(109)114)116(77-31-9-3-10-32-77)78-33-11-4-12-34-78/h1-70H. The van der Waals surface area contributed by atoms with Crippen LogP contribution in [0.1, 0.15) is 43.1 Å². The van der Waals surface area contributed by atoms with E-state index >= 15 is 0 Å². The molecule has 0 fully saturated rings. The molecule has 4 nitrogen and oxygen atoms in total. The van der Waals surface area contributed by atoms with Gasteiger partial charge in [-0.2, -0.15) is 0 Å². The van der Waals surface area contributed by atoms with Crippen molar-refractivity contribution < 1.29 is 0 Å². The maximum atomic E-state index is 2.55. The monoisotopic (exact) mass is 1590 g/mol. The van der Waals surface area contributed by atoms with Gasteiger partial charge in [-0.05, 0) is 236 Å². The number of hydrogen-bond donors (Lipinski definition) is 0. The van der Waals surface area contributed by atoms with E-state index in [1.54, 1.807) is 0 Å². The topological polar surface area (TPSA) is 14.7 Å². The second kappa shape index (κ2) is 26.4. The van der Waals surface area contributed by atoms with E-state index in [4.69, 9.17) is 0 Å². The summed E-state index contributed by atoms with van der Waals surface area (Å²) < 4.78 is 7.61. The Hall–Kier alpha value is -14.7. The molecule has 0 saturated heterocycles. The molecule has 4 aliphatic carbocycles. The van der Waals surface area contributed by atoms with E-state index in [9.17, 15) is 0 Å². The van der Waals surface area contributed by atoms with E-state index in [2.05, 4.69) is 444 Å². The Morgan fingerprint density at radius 1 is 0.198 bits per heavy atom.